The van der Waals surface area contributed by atoms with Crippen LogP contribution in [0.15, 0.2) is 42.5 Å². The molecule has 29 heavy (non-hydrogen) atoms. The van der Waals surface area contributed by atoms with Crippen LogP contribution in [-0.4, -0.2) is 52.3 Å². The zero-order chi connectivity index (χ0) is 20.6. The molecule has 1 heterocycles. The predicted molar refractivity (Wildman–Crippen MR) is 109 cm³/mol. The summed E-state index contributed by atoms with van der Waals surface area (Å²) in [5.74, 6) is 1.29. The van der Waals surface area contributed by atoms with Gasteiger partial charge in [-0.15, -0.1) is 0 Å². The molecule has 1 amide bonds. The van der Waals surface area contributed by atoms with Gasteiger partial charge in [0.2, 0.25) is 0 Å². The maximum Gasteiger partial charge on any atom is 0.279 e. The molecule has 0 aliphatic carbocycles. The molecule has 3 N–H and O–H groups in total. The average molecular weight is 403 g/mol. The first-order valence-corrected chi connectivity index (χ1v) is 10.1. The smallest absolute Gasteiger partial charge is 0.279 e. The van der Waals surface area contributed by atoms with E-state index < -0.39 is 0 Å². The molecular weight excluding hydrogens is 373 g/mol. The first-order chi connectivity index (χ1) is 14.1. The Morgan fingerprint density at radius 2 is 1.76 bits per heavy atom. The van der Waals surface area contributed by atoms with Gasteiger partial charge in [-0.2, -0.15) is 0 Å². The van der Waals surface area contributed by atoms with Crippen LogP contribution in [0.25, 0.3) is 0 Å². The van der Waals surface area contributed by atoms with Gasteiger partial charge in [0, 0.05) is 5.69 Å². The number of benzene rings is 2. The lowest BCUT2D eigenvalue weighted by Gasteiger charge is -2.29. The molecular formula is C22H30FN3O3+2. The van der Waals surface area contributed by atoms with E-state index in [1.807, 2.05) is 31.2 Å². The van der Waals surface area contributed by atoms with Crippen molar-refractivity contribution < 1.29 is 28.5 Å². The highest BCUT2D eigenvalue weighted by atomic mass is 19.1. The molecule has 0 unspecified atom stereocenters. The number of carbonyl (C=O) groups is 1. The van der Waals surface area contributed by atoms with Gasteiger partial charge >= 0.3 is 0 Å². The highest BCUT2D eigenvalue weighted by Crippen LogP contribution is 2.18. The zero-order valence-electron chi connectivity index (χ0n) is 17.1. The molecule has 1 fully saturated rings. The molecule has 0 bridgehead atoms. The predicted octanol–water partition coefficient (Wildman–Crippen LogP) is 0.155. The van der Waals surface area contributed by atoms with Gasteiger partial charge in [0.05, 0.1) is 19.3 Å². The molecule has 6 nitrogen and oxygen atoms in total. The van der Waals surface area contributed by atoms with Crippen molar-refractivity contribution in [2.24, 2.45) is 0 Å². The lowest BCUT2D eigenvalue weighted by molar-refractivity contribution is -1.02. The Morgan fingerprint density at radius 3 is 2.41 bits per heavy atom. The van der Waals surface area contributed by atoms with Crippen molar-refractivity contribution in [1.29, 1.82) is 0 Å². The first-order valence-electron chi connectivity index (χ1n) is 10.1. The van der Waals surface area contributed by atoms with Crippen LogP contribution >= 0.6 is 0 Å². The summed E-state index contributed by atoms with van der Waals surface area (Å²) in [6.07, 6.45) is 0. The van der Waals surface area contributed by atoms with Crippen LogP contribution < -0.4 is 24.6 Å². The van der Waals surface area contributed by atoms with Crippen molar-refractivity contribution in [2.45, 2.75) is 13.5 Å². The van der Waals surface area contributed by atoms with E-state index in [0.717, 1.165) is 55.5 Å². The average Bonchev–Trinajstić information content (AvgIpc) is 2.71. The summed E-state index contributed by atoms with van der Waals surface area (Å²) >= 11 is 0. The molecule has 0 radical (unpaired) electrons. The number of amides is 1. The number of halogens is 1. The summed E-state index contributed by atoms with van der Waals surface area (Å²) in [4.78, 5) is 15.0. The van der Waals surface area contributed by atoms with E-state index >= 15 is 0 Å². The van der Waals surface area contributed by atoms with E-state index in [0.29, 0.717) is 13.2 Å². The molecule has 2 aromatic carbocycles. The van der Waals surface area contributed by atoms with Crippen LogP contribution in [0.5, 0.6) is 11.5 Å². The Morgan fingerprint density at radius 1 is 1.07 bits per heavy atom. The first kappa shape index (κ1) is 21.1. The molecule has 0 saturated carbocycles. The number of piperazine rings is 1. The maximum atomic E-state index is 13.6. The third-order valence-corrected chi connectivity index (χ3v) is 5.21. The maximum absolute atomic E-state index is 13.6. The molecule has 1 saturated heterocycles. The summed E-state index contributed by atoms with van der Waals surface area (Å²) < 4.78 is 24.3. The SMILES string of the molecule is CCOc1ccc(NC(=O)C[NH+]2CC[NH+](Cc3cc(F)ccc3OC)CC2)cc1. The van der Waals surface area contributed by atoms with Gasteiger partial charge < -0.3 is 24.6 Å². The second-order valence-electron chi connectivity index (χ2n) is 7.32. The van der Waals surface area contributed by atoms with E-state index in [1.54, 1.807) is 19.2 Å². The van der Waals surface area contributed by atoms with Crippen molar-refractivity contribution in [2.75, 3.05) is 51.8 Å². The number of carbonyl (C=O) groups excluding carboxylic acids is 1. The fourth-order valence-corrected chi connectivity index (χ4v) is 3.70. The van der Waals surface area contributed by atoms with Crippen molar-refractivity contribution in [3.63, 3.8) is 0 Å². The summed E-state index contributed by atoms with van der Waals surface area (Å²) in [5.41, 5.74) is 1.67. The number of anilines is 1. The lowest BCUT2D eigenvalue weighted by Crippen LogP contribution is -3.28. The highest BCUT2D eigenvalue weighted by Gasteiger charge is 2.25. The topological polar surface area (TPSA) is 56.4 Å². The van der Waals surface area contributed by atoms with Gasteiger partial charge in [-0.3, -0.25) is 4.79 Å². The normalized spacial score (nSPS) is 18.9. The van der Waals surface area contributed by atoms with Gasteiger partial charge in [0.15, 0.2) is 6.54 Å². The van der Waals surface area contributed by atoms with Crippen molar-refractivity contribution in [3.8, 4) is 11.5 Å². The molecule has 7 heteroatoms. The Kier molecular flexibility index (Phi) is 7.43. The number of rotatable bonds is 8. The summed E-state index contributed by atoms with van der Waals surface area (Å²) in [6.45, 7) is 7.42. The molecule has 2 aromatic rings. The van der Waals surface area contributed by atoms with Gasteiger partial charge in [-0.05, 0) is 49.4 Å². The van der Waals surface area contributed by atoms with Gasteiger partial charge in [0.25, 0.3) is 5.91 Å². The standard InChI is InChI=1S/C22H28FN3O3/c1-3-29-20-7-5-19(6-8-20)24-22(27)16-26-12-10-25(11-13-26)15-17-14-18(23)4-9-21(17)28-2/h4-9,14H,3,10-13,15-16H2,1-2H3,(H,24,27)/p+2. The highest BCUT2D eigenvalue weighted by molar-refractivity contribution is 5.91. The number of ether oxygens (including phenoxy) is 2. The van der Waals surface area contributed by atoms with Gasteiger partial charge in [0.1, 0.15) is 50.0 Å². The van der Waals surface area contributed by atoms with E-state index in [-0.39, 0.29) is 11.7 Å². The molecule has 0 atom stereocenters. The minimum atomic E-state index is -0.240. The summed E-state index contributed by atoms with van der Waals surface area (Å²) in [6, 6.07) is 12.1. The number of hydrogen-bond donors (Lipinski definition) is 3. The summed E-state index contributed by atoms with van der Waals surface area (Å²) in [5, 5.41) is 2.95. The van der Waals surface area contributed by atoms with Crippen molar-refractivity contribution in [1.82, 2.24) is 0 Å². The monoisotopic (exact) mass is 403 g/mol. The van der Waals surface area contributed by atoms with Crippen LogP contribution in [0.1, 0.15) is 12.5 Å². The molecule has 156 valence electrons. The quantitative estimate of drug-likeness (QED) is 0.589. The third-order valence-electron chi connectivity index (χ3n) is 5.21. The fourth-order valence-electron chi connectivity index (χ4n) is 3.70. The lowest BCUT2D eigenvalue weighted by atomic mass is 10.1. The number of hydrogen-bond acceptors (Lipinski definition) is 3. The summed E-state index contributed by atoms with van der Waals surface area (Å²) in [7, 11) is 1.61. The van der Waals surface area contributed by atoms with E-state index in [9.17, 15) is 9.18 Å². The van der Waals surface area contributed by atoms with Crippen LogP contribution in [0.2, 0.25) is 0 Å². The zero-order valence-corrected chi connectivity index (χ0v) is 17.1. The Balaban J connectivity index is 1.44. The Bertz CT molecular complexity index is 805. The van der Waals surface area contributed by atoms with E-state index in [1.165, 1.54) is 15.9 Å². The largest absolute Gasteiger partial charge is 0.496 e. The fraction of sp³-hybridized carbons (Fsp3) is 0.409. The van der Waals surface area contributed by atoms with E-state index in [2.05, 4.69) is 5.32 Å². The number of nitrogens with one attached hydrogen (secondary N) is 3. The molecule has 1 aliphatic rings. The second kappa shape index (κ2) is 10.2. The number of methoxy groups -OCH3 is 1. The minimum absolute atomic E-state index is 0.0133. The molecule has 1 aliphatic heterocycles. The molecule has 0 spiro atoms. The molecule has 3 rings (SSSR count). The van der Waals surface area contributed by atoms with Crippen molar-refractivity contribution in [3.05, 3.63) is 53.8 Å². The van der Waals surface area contributed by atoms with Crippen molar-refractivity contribution >= 4 is 11.6 Å². The van der Waals surface area contributed by atoms with Crippen LogP contribution in [0.4, 0.5) is 10.1 Å². The minimum Gasteiger partial charge on any atom is -0.496 e. The second-order valence-corrected chi connectivity index (χ2v) is 7.32. The number of quaternary nitrogens is 2. The van der Waals surface area contributed by atoms with Crippen LogP contribution in [-0.2, 0) is 11.3 Å². The van der Waals surface area contributed by atoms with E-state index in [4.69, 9.17) is 9.47 Å². The third kappa shape index (κ3) is 6.17. The van der Waals surface area contributed by atoms with Gasteiger partial charge in [-0.1, -0.05) is 0 Å². The molecule has 0 aromatic heterocycles. The Hall–Kier alpha value is -2.64. The van der Waals surface area contributed by atoms with Gasteiger partial charge in [-0.25, -0.2) is 4.39 Å². The van der Waals surface area contributed by atoms with Crippen LogP contribution in [0.3, 0.4) is 0 Å². The van der Waals surface area contributed by atoms with Crippen LogP contribution in [0, 0.1) is 5.82 Å². The Labute approximate surface area is 171 Å².